The number of fused-ring (bicyclic) bond motifs is 1. The van der Waals surface area contributed by atoms with Crippen molar-refractivity contribution in [2.75, 3.05) is 0 Å². The van der Waals surface area contributed by atoms with Gasteiger partial charge < -0.3 is 10.3 Å². The van der Waals surface area contributed by atoms with Crippen molar-refractivity contribution >= 4 is 22.5 Å². The highest BCUT2D eigenvalue weighted by Gasteiger charge is 2.06. The summed E-state index contributed by atoms with van der Waals surface area (Å²) in [5, 5.41) is 5.58. The van der Waals surface area contributed by atoms with E-state index in [2.05, 4.69) is 53.6 Å². The molecular weight excluding hydrogens is 268 g/mol. The number of aromatic nitrogens is 1. The normalized spacial score (nSPS) is 12.7. The van der Waals surface area contributed by atoms with Gasteiger partial charge in [0.15, 0.2) is 0 Å². The molecule has 2 N–H and O–H groups in total. The first-order valence-electron chi connectivity index (χ1n) is 6.78. The van der Waals surface area contributed by atoms with Crippen molar-refractivity contribution in [3.05, 3.63) is 70.9 Å². The van der Waals surface area contributed by atoms with Crippen LogP contribution in [0.1, 0.15) is 24.1 Å². The number of nitrogens with one attached hydrogen (secondary N) is 2. The second-order valence-electron chi connectivity index (χ2n) is 5.01. The molecule has 3 rings (SSSR count). The van der Waals surface area contributed by atoms with Crippen molar-refractivity contribution in [3.8, 4) is 0 Å². The van der Waals surface area contributed by atoms with Crippen LogP contribution in [0.15, 0.2) is 54.7 Å². The summed E-state index contributed by atoms with van der Waals surface area (Å²) in [6, 6.07) is 16.8. The molecule has 0 spiro atoms. The summed E-state index contributed by atoms with van der Waals surface area (Å²) in [6.07, 6.45) is 1.98. The molecule has 102 valence electrons. The number of rotatable bonds is 4. The number of hydrogen-bond donors (Lipinski definition) is 2. The maximum atomic E-state index is 5.92. The zero-order valence-corrected chi connectivity index (χ0v) is 12.1. The van der Waals surface area contributed by atoms with Crippen LogP contribution in [-0.4, -0.2) is 4.98 Å². The lowest BCUT2D eigenvalue weighted by atomic mass is 10.1. The Bertz CT molecular complexity index is 700. The van der Waals surface area contributed by atoms with Gasteiger partial charge in [0.2, 0.25) is 0 Å². The van der Waals surface area contributed by atoms with Crippen LogP contribution in [0.3, 0.4) is 0 Å². The minimum atomic E-state index is 0.289. The lowest BCUT2D eigenvalue weighted by Gasteiger charge is -2.15. The summed E-state index contributed by atoms with van der Waals surface area (Å²) in [4.78, 5) is 3.30. The first-order valence-corrected chi connectivity index (χ1v) is 7.15. The van der Waals surface area contributed by atoms with Gasteiger partial charge in [0.1, 0.15) is 0 Å². The standard InChI is InChI=1S/C17H17ClN2/c1-12(13-5-7-16(18)8-6-13)20-11-15-4-2-3-14-9-10-19-17(14)15/h2-10,12,19-20H,11H2,1H3/t12-/m0/s1. The lowest BCUT2D eigenvalue weighted by Crippen LogP contribution is -2.18. The molecule has 0 aliphatic rings. The average Bonchev–Trinajstić information content (AvgIpc) is 2.94. The molecule has 2 aromatic carbocycles. The Morgan fingerprint density at radius 3 is 2.70 bits per heavy atom. The van der Waals surface area contributed by atoms with Gasteiger partial charge in [-0.25, -0.2) is 0 Å². The van der Waals surface area contributed by atoms with Crippen molar-refractivity contribution in [1.29, 1.82) is 0 Å². The molecule has 0 radical (unpaired) electrons. The van der Waals surface area contributed by atoms with Gasteiger partial charge in [0.25, 0.3) is 0 Å². The van der Waals surface area contributed by atoms with Gasteiger partial charge in [0, 0.05) is 29.3 Å². The maximum absolute atomic E-state index is 5.92. The molecule has 1 atom stereocenters. The van der Waals surface area contributed by atoms with Gasteiger partial charge in [-0.15, -0.1) is 0 Å². The van der Waals surface area contributed by atoms with E-state index in [1.807, 2.05) is 18.3 Å². The fourth-order valence-corrected chi connectivity index (χ4v) is 2.56. The van der Waals surface area contributed by atoms with Gasteiger partial charge in [-0.05, 0) is 41.6 Å². The van der Waals surface area contributed by atoms with E-state index in [4.69, 9.17) is 11.6 Å². The van der Waals surface area contributed by atoms with Crippen LogP contribution in [0, 0.1) is 0 Å². The number of hydrogen-bond acceptors (Lipinski definition) is 1. The molecule has 3 heteroatoms. The van der Waals surface area contributed by atoms with E-state index in [1.54, 1.807) is 0 Å². The second-order valence-corrected chi connectivity index (χ2v) is 5.45. The van der Waals surface area contributed by atoms with Gasteiger partial charge >= 0.3 is 0 Å². The number of benzene rings is 2. The molecule has 0 amide bonds. The second kappa shape index (κ2) is 5.70. The zero-order chi connectivity index (χ0) is 13.9. The summed E-state index contributed by atoms with van der Waals surface area (Å²) in [7, 11) is 0. The number of halogens is 1. The molecule has 1 aromatic heterocycles. The summed E-state index contributed by atoms with van der Waals surface area (Å²) >= 11 is 5.92. The highest BCUT2D eigenvalue weighted by atomic mass is 35.5. The van der Waals surface area contributed by atoms with Crippen molar-refractivity contribution in [2.45, 2.75) is 19.5 Å². The Morgan fingerprint density at radius 1 is 1.10 bits per heavy atom. The summed E-state index contributed by atoms with van der Waals surface area (Å²) in [6.45, 7) is 3.00. The van der Waals surface area contributed by atoms with E-state index in [1.165, 1.54) is 22.0 Å². The largest absolute Gasteiger partial charge is 0.361 e. The van der Waals surface area contributed by atoms with E-state index in [9.17, 15) is 0 Å². The highest BCUT2D eigenvalue weighted by Crippen LogP contribution is 2.19. The molecule has 2 nitrogen and oxygen atoms in total. The van der Waals surface area contributed by atoms with Crippen molar-refractivity contribution < 1.29 is 0 Å². The van der Waals surface area contributed by atoms with Crippen LogP contribution in [0.4, 0.5) is 0 Å². The Labute approximate surface area is 123 Å². The predicted octanol–water partition coefficient (Wildman–Crippen LogP) is 4.67. The van der Waals surface area contributed by atoms with Crippen molar-refractivity contribution in [3.63, 3.8) is 0 Å². The van der Waals surface area contributed by atoms with Crippen molar-refractivity contribution in [2.24, 2.45) is 0 Å². The topological polar surface area (TPSA) is 27.8 Å². The molecule has 0 saturated heterocycles. The molecule has 3 aromatic rings. The van der Waals surface area contributed by atoms with Crippen LogP contribution in [-0.2, 0) is 6.54 Å². The van der Waals surface area contributed by atoms with Gasteiger partial charge in [-0.1, -0.05) is 41.9 Å². The van der Waals surface area contributed by atoms with E-state index in [-0.39, 0.29) is 6.04 Å². The number of H-pyrrole nitrogens is 1. The Hall–Kier alpha value is -1.77. The molecule has 20 heavy (non-hydrogen) atoms. The van der Waals surface area contributed by atoms with Gasteiger partial charge in [0.05, 0.1) is 0 Å². The third kappa shape index (κ3) is 2.72. The molecule has 0 saturated carbocycles. The highest BCUT2D eigenvalue weighted by molar-refractivity contribution is 6.30. The maximum Gasteiger partial charge on any atom is 0.0499 e. The summed E-state index contributed by atoms with van der Waals surface area (Å²) in [5.74, 6) is 0. The number of aromatic amines is 1. The monoisotopic (exact) mass is 284 g/mol. The molecule has 0 unspecified atom stereocenters. The van der Waals surface area contributed by atoms with Crippen LogP contribution in [0.5, 0.6) is 0 Å². The molecule has 0 aliphatic heterocycles. The Balaban J connectivity index is 1.73. The Morgan fingerprint density at radius 2 is 1.90 bits per heavy atom. The fourth-order valence-electron chi connectivity index (χ4n) is 2.43. The average molecular weight is 285 g/mol. The first-order chi connectivity index (χ1) is 9.74. The van der Waals surface area contributed by atoms with E-state index in [0.29, 0.717) is 0 Å². The Kier molecular flexibility index (Phi) is 3.77. The first kappa shape index (κ1) is 13.2. The smallest absolute Gasteiger partial charge is 0.0499 e. The van der Waals surface area contributed by atoms with Crippen LogP contribution in [0.25, 0.3) is 10.9 Å². The quantitative estimate of drug-likeness (QED) is 0.716. The zero-order valence-electron chi connectivity index (χ0n) is 11.4. The van der Waals surface area contributed by atoms with E-state index in [0.717, 1.165) is 11.6 Å². The van der Waals surface area contributed by atoms with Gasteiger partial charge in [-0.2, -0.15) is 0 Å². The molecule has 0 aliphatic carbocycles. The number of para-hydroxylation sites is 1. The minimum absolute atomic E-state index is 0.289. The van der Waals surface area contributed by atoms with E-state index < -0.39 is 0 Å². The fraction of sp³-hybridized carbons (Fsp3) is 0.176. The molecule has 1 heterocycles. The lowest BCUT2D eigenvalue weighted by molar-refractivity contribution is 0.576. The van der Waals surface area contributed by atoms with Crippen molar-refractivity contribution in [1.82, 2.24) is 10.3 Å². The molecule has 0 bridgehead atoms. The molecule has 0 fully saturated rings. The summed E-state index contributed by atoms with van der Waals surface area (Å²) < 4.78 is 0. The van der Waals surface area contributed by atoms with Crippen LogP contribution >= 0.6 is 11.6 Å². The predicted molar refractivity (Wildman–Crippen MR) is 85.0 cm³/mol. The van der Waals surface area contributed by atoms with Crippen LogP contribution in [0.2, 0.25) is 5.02 Å². The van der Waals surface area contributed by atoms with Crippen LogP contribution < -0.4 is 5.32 Å². The van der Waals surface area contributed by atoms with Gasteiger partial charge in [-0.3, -0.25) is 0 Å². The minimum Gasteiger partial charge on any atom is -0.361 e. The SMILES string of the molecule is C[C@H](NCc1cccc2cc[nH]c12)c1ccc(Cl)cc1. The third-order valence-corrected chi connectivity index (χ3v) is 3.89. The summed E-state index contributed by atoms with van der Waals surface area (Å²) in [5.41, 5.74) is 3.74. The van der Waals surface area contributed by atoms with E-state index >= 15 is 0 Å². The molecular formula is C17H17ClN2. The third-order valence-electron chi connectivity index (χ3n) is 3.64.